The highest BCUT2D eigenvalue weighted by molar-refractivity contribution is 4.89. The molecule has 17 heavy (non-hydrogen) atoms. The Hall–Kier alpha value is -0.0400. The zero-order chi connectivity index (χ0) is 13.1. The zero-order valence-electron chi connectivity index (χ0n) is 12.8. The Bertz CT molecular complexity index is 214. The Morgan fingerprint density at radius 1 is 1.18 bits per heavy atom. The maximum Gasteiger partial charge on any atom is 0.00955 e. The van der Waals surface area contributed by atoms with Crippen LogP contribution < -0.4 is 5.32 Å². The molecule has 1 heteroatoms. The molecule has 1 aliphatic carbocycles. The van der Waals surface area contributed by atoms with Crippen molar-refractivity contribution in [3.63, 3.8) is 0 Å². The van der Waals surface area contributed by atoms with Gasteiger partial charge in [0.15, 0.2) is 0 Å². The molecular weight excluding hydrogens is 206 g/mol. The van der Waals surface area contributed by atoms with Gasteiger partial charge in [0.25, 0.3) is 0 Å². The largest absolute Gasteiger partial charge is 0.314 e. The predicted molar refractivity (Wildman–Crippen MR) is 77.2 cm³/mol. The molecule has 3 unspecified atom stereocenters. The SMILES string of the molecule is CCNC1CCC(C(C)(C)C)CC1CC(C)C. The number of nitrogens with one attached hydrogen (secondary N) is 1. The van der Waals surface area contributed by atoms with Gasteiger partial charge in [-0.3, -0.25) is 0 Å². The van der Waals surface area contributed by atoms with Crippen molar-refractivity contribution in [3.05, 3.63) is 0 Å². The van der Waals surface area contributed by atoms with Crippen LogP contribution in [0.2, 0.25) is 0 Å². The molecule has 0 radical (unpaired) electrons. The molecule has 0 aliphatic heterocycles. The van der Waals surface area contributed by atoms with Crippen LogP contribution >= 0.6 is 0 Å². The third kappa shape index (κ3) is 4.62. The van der Waals surface area contributed by atoms with Gasteiger partial charge in [0.05, 0.1) is 0 Å². The van der Waals surface area contributed by atoms with E-state index in [-0.39, 0.29) is 0 Å². The Balaban J connectivity index is 2.62. The summed E-state index contributed by atoms with van der Waals surface area (Å²) in [6, 6.07) is 0.779. The van der Waals surface area contributed by atoms with Gasteiger partial charge in [-0.15, -0.1) is 0 Å². The van der Waals surface area contributed by atoms with Crippen LogP contribution in [-0.4, -0.2) is 12.6 Å². The molecule has 0 aromatic carbocycles. The molecule has 3 atom stereocenters. The monoisotopic (exact) mass is 239 g/mol. The van der Waals surface area contributed by atoms with Gasteiger partial charge in [0.1, 0.15) is 0 Å². The minimum absolute atomic E-state index is 0.492. The van der Waals surface area contributed by atoms with Gasteiger partial charge in [0, 0.05) is 6.04 Å². The average molecular weight is 239 g/mol. The van der Waals surface area contributed by atoms with Crippen molar-refractivity contribution in [2.24, 2.45) is 23.2 Å². The highest BCUT2D eigenvalue weighted by atomic mass is 14.9. The van der Waals surface area contributed by atoms with Crippen LogP contribution in [0, 0.1) is 23.2 Å². The normalized spacial score (nSPS) is 30.9. The first-order valence-electron chi connectivity index (χ1n) is 7.58. The van der Waals surface area contributed by atoms with Crippen LogP contribution in [0.3, 0.4) is 0 Å². The molecule has 102 valence electrons. The topological polar surface area (TPSA) is 12.0 Å². The molecule has 1 aliphatic rings. The zero-order valence-corrected chi connectivity index (χ0v) is 12.8. The lowest BCUT2D eigenvalue weighted by molar-refractivity contribution is 0.103. The van der Waals surface area contributed by atoms with Crippen LogP contribution in [0.15, 0.2) is 0 Å². The fourth-order valence-corrected chi connectivity index (χ4v) is 3.45. The van der Waals surface area contributed by atoms with Crippen molar-refractivity contribution in [2.45, 2.75) is 73.3 Å². The van der Waals surface area contributed by atoms with E-state index in [9.17, 15) is 0 Å². The first kappa shape index (κ1) is 15.0. The maximum absolute atomic E-state index is 3.71. The lowest BCUT2D eigenvalue weighted by Gasteiger charge is -2.42. The van der Waals surface area contributed by atoms with Crippen LogP contribution in [0.5, 0.6) is 0 Å². The fourth-order valence-electron chi connectivity index (χ4n) is 3.45. The van der Waals surface area contributed by atoms with E-state index >= 15 is 0 Å². The molecule has 1 nitrogen and oxygen atoms in total. The van der Waals surface area contributed by atoms with Crippen LogP contribution in [0.25, 0.3) is 0 Å². The Morgan fingerprint density at radius 3 is 2.29 bits per heavy atom. The standard InChI is InChI=1S/C16H33N/c1-7-17-15-9-8-14(16(4,5)6)11-13(15)10-12(2)3/h12-15,17H,7-11H2,1-6H3. The second-order valence-corrected chi connectivity index (χ2v) is 7.43. The first-order valence-corrected chi connectivity index (χ1v) is 7.58. The second kappa shape index (κ2) is 6.22. The van der Waals surface area contributed by atoms with Gasteiger partial charge in [0.2, 0.25) is 0 Å². The van der Waals surface area contributed by atoms with Crippen LogP contribution in [0.1, 0.15) is 67.2 Å². The summed E-state index contributed by atoms with van der Waals surface area (Å²) in [5, 5.41) is 3.71. The molecule has 0 aromatic heterocycles. The lowest BCUT2D eigenvalue weighted by Crippen LogP contribution is -2.43. The molecule has 1 N–H and O–H groups in total. The fraction of sp³-hybridized carbons (Fsp3) is 1.00. The van der Waals surface area contributed by atoms with E-state index in [1.54, 1.807) is 0 Å². The minimum Gasteiger partial charge on any atom is -0.314 e. The van der Waals surface area contributed by atoms with Crippen molar-refractivity contribution in [1.82, 2.24) is 5.32 Å². The molecule has 1 rings (SSSR count). The summed E-state index contributed by atoms with van der Waals surface area (Å²) in [7, 11) is 0. The van der Waals surface area contributed by atoms with E-state index in [2.05, 4.69) is 46.9 Å². The van der Waals surface area contributed by atoms with E-state index < -0.39 is 0 Å². The smallest absolute Gasteiger partial charge is 0.00955 e. The molecular formula is C16H33N. The van der Waals surface area contributed by atoms with Gasteiger partial charge < -0.3 is 5.32 Å². The van der Waals surface area contributed by atoms with Crippen molar-refractivity contribution in [3.8, 4) is 0 Å². The van der Waals surface area contributed by atoms with E-state index in [0.29, 0.717) is 5.41 Å². The average Bonchev–Trinajstić information content (AvgIpc) is 2.18. The van der Waals surface area contributed by atoms with Crippen molar-refractivity contribution < 1.29 is 0 Å². The Labute approximate surface area is 109 Å². The minimum atomic E-state index is 0.492. The third-order valence-corrected chi connectivity index (χ3v) is 4.45. The van der Waals surface area contributed by atoms with Gasteiger partial charge >= 0.3 is 0 Å². The molecule has 0 saturated heterocycles. The highest BCUT2D eigenvalue weighted by Crippen LogP contribution is 2.42. The van der Waals surface area contributed by atoms with E-state index in [1.807, 2.05) is 0 Å². The molecule has 1 fully saturated rings. The second-order valence-electron chi connectivity index (χ2n) is 7.43. The molecule has 0 heterocycles. The molecule has 0 spiro atoms. The number of hydrogen-bond acceptors (Lipinski definition) is 1. The molecule has 0 bridgehead atoms. The maximum atomic E-state index is 3.71. The molecule has 0 amide bonds. The van der Waals surface area contributed by atoms with Crippen molar-refractivity contribution in [2.75, 3.05) is 6.54 Å². The summed E-state index contributed by atoms with van der Waals surface area (Å²) in [4.78, 5) is 0. The summed E-state index contributed by atoms with van der Waals surface area (Å²) in [5.74, 6) is 2.65. The van der Waals surface area contributed by atoms with Crippen LogP contribution in [0.4, 0.5) is 0 Å². The summed E-state index contributed by atoms with van der Waals surface area (Å²) < 4.78 is 0. The molecule has 0 aromatic rings. The van der Waals surface area contributed by atoms with Gasteiger partial charge in [-0.1, -0.05) is 41.5 Å². The Morgan fingerprint density at radius 2 is 1.82 bits per heavy atom. The number of hydrogen-bond donors (Lipinski definition) is 1. The summed E-state index contributed by atoms with van der Waals surface area (Å²) >= 11 is 0. The van der Waals surface area contributed by atoms with Crippen molar-refractivity contribution >= 4 is 0 Å². The highest BCUT2D eigenvalue weighted by Gasteiger charge is 2.35. The summed E-state index contributed by atoms with van der Waals surface area (Å²) in [5.41, 5.74) is 0.492. The van der Waals surface area contributed by atoms with Gasteiger partial charge in [-0.05, 0) is 55.4 Å². The van der Waals surface area contributed by atoms with E-state index in [1.165, 1.54) is 25.7 Å². The quantitative estimate of drug-likeness (QED) is 0.763. The lowest BCUT2D eigenvalue weighted by atomic mass is 9.66. The Kier molecular flexibility index (Phi) is 5.50. The summed E-state index contributed by atoms with van der Waals surface area (Å²) in [6.45, 7) is 15.3. The first-order chi connectivity index (χ1) is 7.84. The molecule has 1 saturated carbocycles. The van der Waals surface area contributed by atoms with Crippen LogP contribution in [-0.2, 0) is 0 Å². The van der Waals surface area contributed by atoms with Crippen molar-refractivity contribution in [1.29, 1.82) is 0 Å². The van der Waals surface area contributed by atoms with E-state index in [4.69, 9.17) is 0 Å². The number of rotatable bonds is 4. The van der Waals surface area contributed by atoms with Gasteiger partial charge in [-0.25, -0.2) is 0 Å². The van der Waals surface area contributed by atoms with Gasteiger partial charge in [-0.2, -0.15) is 0 Å². The summed E-state index contributed by atoms with van der Waals surface area (Å²) in [6.07, 6.45) is 5.62. The third-order valence-electron chi connectivity index (χ3n) is 4.45. The van der Waals surface area contributed by atoms with E-state index in [0.717, 1.165) is 30.3 Å². The predicted octanol–water partition coefficient (Wildman–Crippen LogP) is 4.47.